The van der Waals surface area contributed by atoms with Crippen LogP contribution < -0.4 is 5.32 Å². The SMILES string of the molecule is CCCNC(c1ccc(C)nc1)c1cccc(C)c1C. The Kier molecular flexibility index (Phi) is 4.91. The molecule has 0 saturated heterocycles. The van der Waals surface area contributed by atoms with E-state index >= 15 is 0 Å². The number of rotatable bonds is 5. The van der Waals surface area contributed by atoms with Gasteiger partial charge in [-0.3, -0.25) is 4.98 Å². The number of aryl methyl sites for hydroxylation is 2. The smallest absolute Gasteiger partial charge is 0.0594 e. The van der Waals surface area contributed by atoms with Gasteiger partial charge in [0, 0.05) is 11.9 Å². The molecule has 1 atom stereocenters. The molecule has 0 aliphatic heterocycles. The zero-order valence-electron chi connectivity index (χ0n) is 12.9. The lowest BCUT2D eigenvalue weighted by Crippen LogP contribution is -2.24. The van der Waals surface area contributed by atoms with Crippen LogP contribution in [0.1, 0.15) is 47.3 Å². The Morgan fingerprint density at radius 1 is 1.10 bits per heavy atom. The van der Waals surface area contributed by atoms with Crippen molar-refractivity contribution in [2.75, 3.05) is 6.54 Å². The van der Waals surface area contributed by atoms with Crippen LogP contribution in [0, 0.1) is 20.8 Å². The molecule has 106 valence electrons. The standard InChI is InChI=1S/C18H24N2/c1-5-11-19-18(16-10-9-14(3)20-12-16)17-8-6-7-13(2)15(17)4/h6-10,12,18-19H,5,11H2,1-4H3. The highest BCUT2D eigenvalue weighted by atomic mass is 14.9. The highest BCUT2D eigenvalue weighted by Gasteiger charge is 2.16. The summed E-state index contributed by atoms with van der Waals surface area (Å²) in [4.78, 5) is 4.45. The third-order valence-corrected chi connectivity index (χ3v) is 3.82. The lowest BCUT2D eigenvalue weighted by atomic mass is 9.93. The summed E-state index contributed by atoms with van der Waals surface area (Å²) < 4.78 is 0. The summed E-state index contributed by atoms with van der Waals surface area (Å²) in [6.45, 7) is 9.60. The molecule has 0 aliphatic rings. The van der Waals surface area contributed by atoms with E-state index in [4.69, 9.17) is 0 Å². The molecule has 0 bridgehead atoms. The summed E-state index contributed by atoms with van der Waals surface area (Å²) in [5, 5.41) is 3.65. The molecule has 2 heteroatoms. The van der Waals surface area contributed by atoms with E-state index in [1.54, 1.807) is 0 Å². The van der Waals surface area contributed by atoms with Crippen LogP contribution in [0.4, 0.5) is 0 Å². The van der Waals surface area contributed by atoms with Crippen LogP contribution in [0.15, 0.2) is 36.5 Å². The van der Waals surface area contributed by atoms with E-state index in [9.17, 15) is 0 Å². The zero-order chi connectivity index (χ0) is 14.5. The van der Waals surface area contributed by atoms with Crippen LogP contribution >= 0.6 is 0 Å². The van der Waals surface area contributed by atoms with E-state index in [1.807, 2.05) is 13.1 Å². The van der Waals surface area contributed by atoms with Crippen LogP contribution in [0.2, 0.25) is 0 Å². The first-order valence-corrected chi connectivity index (χ1v) is 7.35. The molecule has 2 aromatic rings. The number of hydrogen-bond acceptors (Lipinski definition) is 2. The average molecular weight is 268 g/mol. The van der Waals surface area contributed by atoms with Gasteiger partial charge in [-0.05, 0) is 62.1 Å². The number of benzene rings is 1. The van der Waals surface area contributed by atoms with Gasteiger partial charge in [0.2, 0.25) is 0 Å². The first kappa shape index (κ1) is 14.7. The lowest BCUT2D eigenvalue weighted by molar-refractivity contribution is 0.594. The fourth-order valence-electron chi connectivity index (χ4n) is 2.43. The fourth-order valence-corrected chi connectivity index (χ4v) is 2.43. The minimum atomic E-state index is 0.225. The molecule has 1 aromatic heterocycles. The average Bonchev–Trinajstić information content (AvgIpc) is 2.45. The molecule has 2 nitrogen and oxygen atoms in total. The Balaban J connectivity index is 2.41. The molecule has 0 spiro atoms. The third-order valence-electron chi connectivity index (χ3n) is 3.82. The maximum Gasteiger partial charge on any atom is 0.0594 e. The largest absolute Gasteiger partial charge is 0.306 e. The molecule has 0 fully saturated rings. The van der Waals surface area contributed by atoms with Gasteiger partial charge in [-0.1, -0.05) is 31.2 Å². The quantitative estimate of drug-likeness (QED) is 0.883. The second-order valence-corrected chi connectivity index (χ2v) is 5.41. The summed E-state index contributed by atoms with van der Waals surface area (Å²) in [5.74, 6) is 0. The van der Waals surface area contributed by atoms with E-state index in [0.29, 0.717) is 0 Å². The van der Waals surface area contributed by atoms with Gasteiger partial charge >= 0.3 is 0 Å². The molecule has 0 amide bonds. The molecule has 20 heavy (non-hydrogen) atoms. The van der Waals surface area contributed by atoms with Gasteiger partial charge in [0.25, 0.3) is 0 Å². The second kappa shape index (κ2) is 6.67. The Labute approximate surface area is 122 Å². The number of aromatic nitrogens is 1. The summed E-state index contributed by atoms with van der Waals surface area (Å²) >= 11 is 0. The van der Waals surface area contributed by atoms with Crippen molar-refractivity contribution in [3.63, 3.8) is 0 Å². The Hall–Kier alpha value is -1.67. The van der Waals surface area contributed by atoms with Crippen LogP contribution in [-0.2, 0) is 0 Å². The van der Waals surface area contributed by atoms with Crippen molar-refractivity contribution in [1.82, 2.24) is 10.3 Å². The molecule has 0 radical (unpaired) electrons. The van der Waals surface area contributed by atoms with Crippen molar-refractivity contribution in [1.29, 1.82) is 0 Å². The Bertz CT molecular complexity index is 558. The molecular weight excluding hydrogens is 244 g/mol. The monoisotopic (exact) mass is 268 g/mol. The van der Waals surface area contributed by atoms with Crippen LogP contribution in [-0.4, -0.2) is 11.5 Å². The van der Waals surface area contributed by atoms with E-state index in [2.05, 4.69) is 61.4 Å². The highest BCUT2D eigenvalue weighted by Crippen LogP contribution is 2.26. The molecule has 1 aromatic carbocycles. The van der Waals surface area contributed by atoms with Crippen molar-refractivity contribution >= 4 is 0 Å². The van der Waals surface area contributed by atoms with Crippen molar-refractivity contribution in [2.45, 2.75) is 40.2 Å². The minimum Gasteiger partial charge on any atom is -0.306 e. The van der Waals surface area contributed by atoms with Gasteiger partial charge in [-0.2, -0.15) is 0 Å². The van der Waals surface area contributed by atoms with Gasteiger partial charge in [0.1, 0.15) is 0 Å². The first-order valence-electron chi connectivity index (χ1n) is 7.35. The number of hydrogen-bond donors (Lipinski definition) is 1. The summed E-state index contributed by atoms with van der Waals surface area (Å²) in [6, 6.07) is 11.0. The maximum absolute atomic E-state index is 4.45. The van der Waals surface area contributed by atoms with Gasteiger partial charge in [0.15, 0.2) is 0 Å². The molecular formula is C18H24N2. The fraction of sp³-hybridized carbons (Fsp3) is 0.389. The Morgan fingerprint density at radius 3 is 2.55 bits per heavy atom. The van der Waals surface area contributed by atoms with Gasteiger partial charge < -0.3 is 5.32 Å². The lowest BCUT2D eigenvalue weighted by Gasteiger charge is -2.22. The normalized spacial score (nSPS) is 12.4. The molecule has 0 saturated carbocycles. The Morgan fingerprint density at radius 2 is 1.90 bits per heavy atom. The van der Waals surface area contributed by atoms with Gasteiger partial charge in [-0.15, -0.1) is 0 Å². The topological polar surface area (TPSA) is 24.9 Å². The molecule has 1 N–H and O–H groups in total. The maximum atomic E-state index is 4.45. The van der Waals surface area contributed by atoms with Crippen LogP contribution in [0.5, 0.6) is 0 Å². The minimum absolute atomic E-state index is 0.225. The molecule has 1 unspecified atom stereocenters. The molecule has 0 aliphatic carbocycles. The van der Waals surface area contributed by atoms with Crippen molar-refractivity contribution < 1.29 is 0 Å². The summed E-state index contributed by atoms with van der Waals surface area (Å²) in [6.07, 6.45) is 3.12. The van der Waals surface area contributed by atoms with E-state index in [0.717, 1.165) is 18.7 Å². The summed E-state index contributed by atoms with van der Waals surface area (Å²) in [7, 11) is 0. The van der Waals surface area contributed by atoms with Crippen LogP contribution in [0.3, 0.4) is 0 Å². The number of nitrogens with zero attached hydrogens (tertiary/aromatic N) is 1. The molecule has 2 rings (SSSR count). The van der Waals surface area contributed by atoms with Gasteiger partial charge in [0.05, 0.1) is 6.04 Å². The van der Waals surface area contributed by atoms with Crippen LogP contribution in [0.25, 0.3) is 0 Å². The van der Waals surface area contributed by atoms with Gasteiger partial charge in [-0.25, -0.2) is 0 Å². The number of nitrogens with one attached hydrogen (secondary N) is 1. The van der Waals surface area contributed by atoms with Crippen molar-refractivity contribution in [3.8, 4) is 0 Å². The van der Waals surface area contributed by atoms with E-state index < -0.39 is 0 Å². The number of pyridine rings is 1. The second-order valence-electron chi connectivity index (χ2n) is 5.41. The van der Waals surface area contributed by atoms with E-state index in [1.165, 1.54) is 22.3 Å². The third kappa shape index (κ3) is 3.26. The predicted molar refractivity (Wildman–Crippen MR) is 85.0 cm³/mol. The predicted octanol–water partition coefficient (Wildman–Crippen LogP) is 4.10. The first-order chi connectivity index (χ1) is 9.63. The van der Waals surface area contributed by atoms with E-state index in [-0.39, 0.29) is 6.04 Å². The van der Waals surface area contributed by atoms with Crippen molar-refractivity contribution in [3.05, 3.63) is 64.5 Å². The molecule has 1 heterocycles. The highest BCUT2D eigenvalue weighted by molar-refractivity contribution is 5.40. The summed E-state index contributed by atoms with van der Waals surface area (Å²) in [5.41, 5.74) is 6.35. The van der Waals surface area contributed by atoms with Crippen molar-refractivity contribution in [2.24, 2.45) is 0 Å². The zero-order valence-corrected chi connectivity index (χ0v) is 12.9.